The first kappa shape index (κ1) is 20.9. The quantitative estimate of drug-likeness (QED) is 0.793. The van der Waals surface area contributed by atoms with Crippen LogP contribution in [0.2, 0.25) is 0 Å². The van der Waals surface area contributed by atoms with Crippen molar-refractivity contribution in [2.24, 2.45) is 0 Å². The van der Waals surface area contributed by atoms with Gasteiger partial charge in [0.15, 0.2) is 11.4 Å². The average Bonchev–Trinajstić information content (AvgIpc) is 2.88. The summed E-state index contributed by atoms with van der Waals surface area (Å²) in [5.74, 6) is -1.99. The summed E-state index contributed by atoms with van der Waals surface area (Å²) in [6, 6.07) is 0. The first-order valence-electron chi connectivity index (χ1n) is 8.80. The molecule has 0 bridgehead atoms. The van der Waals surface area contributed by atoms with Gasteiger partial charge in [0.2, 0.25) is 5.88 Å². The van der Waals surface area contributed by atoms with E-state index in [0.29, 0.717) is 0 Å². The number of β-amino-alcohol motifs (C(OH)–C–C–N with tert-alkyl or cyclic N) is 1. The fourth-order valence-electron chi connectivity index (χ4n) is 3.05. The molecule has 8 nitrogen and oxygen atoms in total. The predicted molar refractivity (Wildman–Crippen MR) is 96.5 cm³/mol. The third-order valence-electron chi connectivity index (χ3n) is 4.49. The lowest BCUT2D eigenvalue weighted by Gasteiger charge is -2.39. The molecule has 1 fully saturated rings. The van der Waals surface area contributed by atoms with Crippen LogP contribution in [0.5, 0.6) is 11.6 Å². The molecule has 2 N–H and O–H groups in total. The fourth-order valence-corrected chi connectivity index (χ4v) is 3.05. The van der Waals surface area contributed by atoms with Crippen LogP contribution in [0.25, 0.3) is 0 Å². The van der Waals surface area contributed by atoms with Crippen molar-refractivity contribution >= 4 is 11.7 Å². The summed E-state index contributed by atoms with van der Waals surface area (Å²) in [7, 11) is 0. The van der Waals surface area contributed by atoms with E-state index in [4.69, 9.17) is 4.74 Å². The normalized spacial score (nSPS) is 15.4. The third-order valence-corrected chi connectivity index (χ3v) is 4.49. The maximum atomic E-state index is 13.9. The SMILES string of the molecule is Cc1c(C(=O)O)nn(C(C)(C)C)c1Oc1cncc(N2CC(O)C2)c1C(F)(F)F. The number of alkyl halides is 3. The van der Waals surface area contributed by atoms with E-state index in [-0.39, 0.29) is 35.9 Å². The highest BCUT2D eigenvalue weighted by Gasteiger charge is 2.42. The molecule has 0 amide bonds. The number of aliphatic hydroxyl groups is 1. The van der Waals surface area contributed by atoms with Gasteiger partial charge >= 0.3 is 12.1 Å². The number of carboxylic acid groups (broad SMARTS) is 1. The van der Waals surface area contributed by atoms with E-state index in [0.717, 1.165) is 12.4 Å². The number of aliphatic hydroxyl groups excluding tert-OH is 1. The Morgan fingerprint density at radius 3 is 2.34 bits per heavy atom. The molecule has 0 aliphatic carbocycles. The Balaban J connectivity index is 2.14. The van der Waals surface area contributed by atoms with Gasteiger partial charge in [0.25, 0.3) is 0 Å². The Kier molecular flexibility index (Phi) is 4.98. The largest absolute Gasteiger partial charge is 0.476 e. The Bertz CT molecular complexity index is 944. The highest BCUT2D eigenvalue weighted by molar-refractivity contribution is 5.87. The van der Waals surface area contributed by atoms with Crippen LogP contribution in [-0.2, 0) is 11.7 Å². The molecule has 0 radical (unpaired) electrons. The van der Waals surface area contributed by atoms with Crippen molar-refractivity contribution in [2.75, 3.05) is 18.0 Å². The van der Waals surface area contributed by atoms with Crippen molar-refractivity contribution in [3.05, 3.63) is 29.2 Å². The van der Waals surface area contributed by atoms with E-state index < -0.39 is 35.1 Å². The molecule has 158 valence electrons. The minimum atomic E-state index is -4.76. The molecule has 2 aromatic heterocycles. The van der Waals surface area contributed by atoms with Crippen LogP contribution in [0.4, 0.5) is 18.9 Å². The topological polar surface area (TPSA) is 101 Å². The van der Waals surface area contributed by atoms with E-state index in [1.807, 2.05) is 0 Å². The second-order valence-electron chi connectivity index (χ2n) is 7.86. The zero-order chi connectivity index (χ0) is 21.7. The van der Waals surface area contributed by atoms with Gasteiger partial charge in [-0.15, -0.1) is 0 Å². The number of aromatic nitrogens is 3. The summed E-state index contributed by atoms with van der Waals surface area (Å²) in [5.41, 5.74) is -2.21. The number of carbonyl (C=O) groups is 1. The summed E-state index contributed by atoms with van der Waals surface area (Å²) in [6.07, 6.45) is -3.46. The minimum Gasteiger partial charge on any atom is -0.476 e. The molecule has 1 aliphatic rings. The molecule has 1 saturated heterocycles. The number of pyridine rings is 1. The average molecular weight is 414 g/mol. The number of ether oxygens (including phenoxy) is 1. The number of aromatic carboxylic acids is 1. The van der Waals surface area contributed by atoms with Crippen LogP contribution in [0.1, 0.15) is 42.4 Å². The van der Waals surface area contributed by atoms with Crippen molar-refractivity contribution in [2.45, 2.75) is 45.5 Å². The van der Waals surface area contributed by atoms with E-state index in [9.17, 15) is 28.2 Å². The maximum Gasteiger partial charge on any atom is 0.422 e. The molecule has 2 aromatic rings. The van der Waals surface area contributed by atoms with Crippen LogP contribution in [0.15, 0.2) is 12.4 Å². The number of halogens is 3. The summed E-state index contributed by atoms with van der Waals surface area (Å²) >= 11 is 0. The Morgan fingerprint density at radius 1 is 1.24 bits per heavy atom. The molecule has 0 spiro atoms. The van der Waals surface area contributed by atoms with Gasteiger partial charge in [-0.05, 0) is 27.7 Å². The van der Waals surface area contributed by atoms with Gasteiger partial charge in [-0.1, -0.05) is 0 Å². The molecule has 3 heterocycles. The second kappa shape index (κ2) is 6.90. The summed E-state index contributed by atoms with van der Waals surface area (Å²) in [4.78, 5) is 16.7. The van der Waals surface area contributed by atoms with Crippen LogP contribution < -0.4 is 9.64 Å². The van der Waals surface area contributed by atoms with Crippen LogP contribution in [0.3, 0.4) is 0 Å². The zero-order valence-electron chi connectivity index (χ0n) is 16.3. The smallest absolute Gasteiger partial charge is 0.422 e. The van der Waals surface area contributed by atoms with Crippen LogP contribution >= 0.6 is 0 Å². The van der Waals surface area contributed by atoms with E-state index >= 15 is 0 Å². The van der Waals surface area contributed by atoms with E-state index in [1.165, 1.54) is 16.5 Å². The summed E-state index contributed by atoms with van der Waals surface area (Å²) in [5, 5.41) is 22.8. The van der Waals surface area contributed by atoms with Crippen LogP contribution in [0, 0.1) is 6.92 Å². The van der Waals surface area contributed by atoms with E-state index in [1.54, 1.807) is 20.8 Å². The highest BCUT2D eigenvalue weighted by Crippen LogP contribution is 2.45. The molecule has 29 heavy (non-hydrogen) atoms. The number of rotatable bonds is 4. The molecule has 0 atom stereocenters. The zero-order valence-corrected chi connectivity index (χ0v) is 16.3. The molecule has 0 saturated carbocycles. The van der Waals surface area contributed by atoms with Gasteiger partial charge in [0, 0.05) is 18.7 Å². The lowest BCUT2D eigenvalue weighted by Crippen LogP contribution is -2.51. The first-order chi connectivity index (χ1) is 13.3. The number of carboxylic acids is 1. The van der Waals surface area contributed by atoms with Crippen molar-refractivity contribution in [3.8, 4) is 11.6 Å². The lowest BCUT2D eigenvalue weighted by molar-refractivity contribution is -0.138. The minimum absolute atomic E-state index is 0.0519. The van der Waals surface area contributed by atoms with Crippen LogP contribution in [-0.4, -0.2) is 50.1 Å². The van der Waals surface area contributed by atoms with Crippen molar-refractivity contribution in [1.29, 1.82) is 0 Å². The maximum absolute atomic E-state index is 13.9. The van der Waals surface area contributed by atoms with Gasteiger partial charge in [-0.3, -0.25) is 4.98 Å². The summed E-state index contributed by atoms with van der Waals surface area (Å²) in [6.45, 7) is 6.69. The fraction of sp³-hybridized carbons (Fsp3) is 0.500. The van der Waals surface area contributed by atoms with Gasteiger partial charge in [0.1, 0.15) is 5.56 Å². The highest BCUT2D eigenvalue weighted by atomic mass is 19.4. The third kappa shape index (κ3) is 3.86. The lowest BCUT2D eigenvalue weighted by atomic mass is 10.1. The number of hydrogen-bond donors (Lipinski definition) is 2. The standard InChI is InChI=1S/C18H21F3N4O4/c1-9-14(16(27)28)23-25(17(2,3)4)15(9)29-12-6-22-5-11(13(12)18(19,20)21)24-7-10(26)8-24/h5-6,10,26H,7-8H2,1-4H3,(H,27,28). The Morgan fingerprint density at radius 2 is 1.86 bits per heavy atom. The van der Waals surface area contributed by atoms with Gasteiger partial charge in [-0.25, -0.2) is 9.48 Å². The predicted octanol–water partition coefficient (Wildman–Crippen LogP) is 3.03. The van der Waals surface area contributed by atoms with Crippen molar-refractivity contribution < 1.29 is 32.9 Å². The van der Waals surface area contributed by atoms with Crippen molar-refractivity contribution in [3.63, 3.8) is 0 Å². The molecule has 0 unspecified atom stereocenters. The van der Waals surface area contributed by atoms with Crippen molar-refractivity contribution in [1.82, 2.24) is 14.8 Å². The second-order valence-corrected chi connectivity index (χ2v) is 7.86. The first-order valence-corrected chi connectivity index (χ1v) is 8.80. The molecule has 0 aromatic carbocycles. The van der Waals surface area contributed by atoms with Gasteiger partial charge < -0.3 is 19.8 Å². The number of hydrogen-bond acceptors (Lipinski definition) is 6. The van der Waals surface area contributed by atoms with Gasteiger partial charge in [-0.2, -0.15) is 18.3 Å². The van der Waals surface area contributed by atoms with E-state index in [2.05, 4.69) is 10.1 Å². The molecule has 11 heteroatoms. The number of anilines is 1. The monoisotopic (exact) mass is 414 g/mol. The Hall–Kier alpha value is -2.82. The number of nitrogens with zero attached hydrogens (tertiary/aromatic N) is 4. The molecule has 1 aliphatic heterocycles. The molecular weight excluding hydrogens is 393 g/mol. The summed E-state index contributed by atoms with van der Waals surface area (Å²) < 4.78 is 48.5. The van der Waals surface area contributed by atoms with Gasteiger partial charge in [0.05, 0.1) is 29.7 Å². The molecule has 3 rings (SSSR count). The molecular formula is C18H21F3N4O4. The Labute approximate surface area is 164 Å².